The van der Waals surface area contributed by atoms with E-state index in [9.17, 15) is 4.79 Å². The van der Waals surface area contributed by atoms with Crippen LogP contribution >= 0.6 is 0 Å². The lowest BCUT2D eigenvalue weighted by Gasteiger charge is -2.10. The second-order valence-corrected chi connectivity index (χ2v) is 4.95. The molecule has 0 aliphatic rings. The molecule has 0 spiro atoms. The van der Waals surface area contributed by atoms with Crippen molar-refractivity contribution in [3.63, 3.8) is 0 Å². The molecule has 4 heteroatoms. The van der Waals surface area contributed by atoms with Crippen LogP contribution in [-0.2, 0) is 9.53 Å². The largest absolute Gasteiger partial charge is 0.468 e. The van der Waals surface area contributed by atoms with Gasteiger partial charge in [0, 0.05) is 7.11 Å². The molecule has 0 bridgehead atoms. The number of esters is 1. The summed E-state index contributed by atoms with van der Waals surface area (Å²) in [4.78, 5) is 11.8. The highest BCUT2D eigenvalue weighted by atomic mass is 16.7. The summed E-state index contributed by atoms with van der Waals surface area (Å²) in [5.74, 6) is 1.02. The molecule has 1 atom stereocenters. The van der Waals surface area contributed by atoms with Gasteiger partial charge in [0.25, 0.3) is 0 Å². The lowest BCUT2D eigenvalue weighted by Crippen LogP contribution is -2.16. The molecule has 21 heavy (non-hydrogen) atoms. The molecule has 0 heterocycles. The molecule has 4 nitrogen and oxygen atoms in total. The van der Waals surface area contributed by atoms with Gasteiger partial charge in [0.05, 0.1) is 5.92 Å². The quantitative estimate of drug-likeness (QED) is 0.461. The summed E-state index contributed by atoms with van der Waals surface area (Å²) in [6, 6.07) is 11.3. The zero-order chi connectivity index (χ0) is 15.2. The van der Waals surface area contributed by atoms with E-state index >= 15 is 0 Å². The predicted octanol–water partition coefficient (Wildman–Crippen LogP) is 3.77. The van der Waals surface area contributed by atoms with Crippen molar-refractivity contribution in [2.75, 3.05) is 13.9 Å². The third kappa shape index (κ3) is 3.95. The van der Waals surface area contributed by atoms with Crippen LogP contribution in [0.15, 0.2) is 36.4 Å². The van der Waals surface area contributed by atoms with Crippen molar-refractivity contribution >= 4 is 16.7 Å². The molecule has 0 aliphatic carbocycles. The van der Waals surface area contributed by atoms with Crippen LogP contribution in [0.25, 0.3) is 10.8 Å². The van der Waals surface area contributed by atoms with Gasteiger partial charge in [-0.2, -0.15) is 0 Å². The summed E-state index contributed by atoms with van der Waals surface area (Å²) in [6.07, 6.45) is 0.770. The van der Waals surface area contributed by atoms with E-state index in [0.29, 0.717) is 5.75 Å². The van der Waals surface area contributed by atoms with Crippen LogP contribution in [0.3, 0.4) is 0 Å². The molecular formula is C17H20O4. The van der Waals surface area contributed by atoms with Gasteiger partial charge < -0.3 is 14.2 Å². The molecule has 1 unspecified atom stereocenters. The van der Waals surface area contributed by atoms with Gasteiger partial charge in [-0.25, -0.2) is 0 Å². The molecule has 0 fully saturated rings. The van der Waals surface area contributed by atoms with E-state index in [1.54, 1.807) is 13.2 Å². The van der Waals surface area contributed by atoms with E-state index in [2.05, 4.69) is 0 Å². The van der Waals surface area contributed by atoms with Gasteiger partial charge in [-0.3, -0.25) is 4.79 Å². The van der Waals surface area contributed by atoms with Crippen molar-refractivity contribution in [1.29, 1.82) is 0 Å². The Morgan fingerprint density at radius 3 is 2.33 bits per heavy atom. The first-order valence-corrected chi connectivity index (χ1v) is 7.01. The monoisotopic (exact) mass is 288 g/mol. The van der Waals surface area contributed by atoms with Crippen LogP contribution in [0, 0.1) is 5.92 Å². The minimum absolute atomic E-state index is 0.0921. The number of carbonyl (C=O) groups excluding carboxylic acids is 1. The first-order chi connectivity index (χ1) is 10.1. The minimum Gasteiger partial charge on any atom is -0.468 e. The average molecular weight is 288 g/mol. The highest BCUT2D eigenvalue weighted by molar-refractivity contribution is 5.86. The number of benzene rings is 2. The minimum atomic E-state index is -0.197. The number of rotatable bonds is 6. The van der Waals surface area contributed by atoms with Gasteiger partial charge in [0.2, 0.25) is 0 Å². The molecule has 112 valence electrons. The Kier molecular flexibility index (Phi) is 5.17. The Bertz CT molecular complexity index is 621. The summed E-state index contributed by atoms with van der Waals surface area (Å²) in [6.45, 7) is 4.05. The van der Waals surface area contributed by atoms with Gasteiger partial charge in [0.15, 0.2) is 6.79 Å². The zero-order valence-corrected chi connectivity index (χ0v) is 12.6. The maximum absolute atomic E-state index is 11.8. The van der Waals surface area contributed by atoms with E-state index in [0.717, 1.165) is 22.9 Å². The predicted molar refractivity (Wildman–Crippen MR) is 81.5 cm³/mol. The van der Waals surface area contributed by atoms with Crippen LogP contribution in [0.5, 0.6) is 11.5 Å². The Morgan fingerprint density at radius 2 is 1.71 bits per heavy atom. The Morgan fingerprint density at radius 1 is 1.10 bits per heavy atom. The van der Waals surface area contributed by atoms with Crippen LogP contribution in [0.2, 0.25) is 0 Å². The first kappa shape index (κ1) is 15.3. The Balaban J connectivity index is 2.16. The normalized spacial score (nSPS) is 12.1. The van der Waals surface area contributed by atoms with Crippen molar-refractivity contribution in [2.24, 2.45) is 5.92 Å². The fourth-order valence-electron chi connectivity index (χ4n) is 1.87. The molecule has 2 rings (SSSR count). The summed E-state index contributed by atoms with van der Waals surface area (Å²) in [5.41, 5.74) is 0. The van der Waals surface area contributed by atoms with Gasteiger partial charge in [-0.05, 0) is 41.5 Å². The fourth-order valence-corrected chi connectivity index (χ4v) is 1.87. The van der Waals surface area contributed by atoms with Crippen LogP contribution in [-0.4, -0.2) is 19.9 Å². The summed E-state index contributed by atoms with van der Waals surface area (Å²) >= 11 is 0. The molecule has 0 saturated carbocycles. The van der Waals surface area contributed by atoms with E-state index in [4.69, 9.17) is 14.2 Å². The van der Waals surface area contributed by atoms with E-state index < -0.39 is 0 Å². The highest BCUT2D eigenvalue weighted by Crippen LogP contribution is 2.25. The molecule has 0 radical (unpaired) electrons. The number of carbonyl (C=O) groups is 1. The molecular weight excluding hydrogens is 268 g/mol. The smallest absolute Gasteiger partial charge is 0.314 e. The van der Waals surface area contributed by atoms with Crippen molar-refractivity contribution in [2.45, 2.75) is 20.3 Å². The number of methoxy groups -OCH3 is 1. The number of ether oxygens (including phenoxy) is 3. The molecule has 0 aliphatic heterocycles. The first-order valence-electron chi connectivity index (χ1n) is 7.01. The van der Waals surface area contributed by atoms with Gasteiger partial charge in [0.1, 0.15) is 11.5 Å². The third-order valence-corrected chi connectivity index (χ3v) is 3.36. The standard InChI is InChI=1S/C17H20O4/c1-4-12(2)17(18)21-16-8-6-13-9-15(20-11-19-3)7-5-14(13)10-16/h5-10,12H,4,11H2,1-3H3. The third-order valence-electron chi connectivity index (χ3n) is 3.36. The average Bonchev–Trinajstić information content (AvgIpc) is 2.51. The second-order valence-electron chi connectivity index (χ2n) is 4.95. The van der Waals surface area contributed by atoms with Crippen molar-refractivity contribution in [3.05, 3.63) is 36.4 Å². The van der Waals surface area contributed by atoms with Gasteiger partial charge >= 0.3 is 5.97 Å². The van der Waals surface area contributed by atoms with Crippen LogP contribution in [0.1, 0.15) is 20.3 Å². The second kappa shape index (κ2) is 7.09. The van der Waals surface area contributed by atoms with E-state index in [1.165, 1.54) is 0 Å². The lowest BCUT2D eigenvalue weighted by molar-refractivity contribution is -0.138. The van der Waals surface area contributed by atoms with Crippen LogP contribution < -0.4 is 9.47 Å². The number of hydrogen-bond acceptors (Lipinski definition) is 4. The zero-order valence-electron chi connectivity index (χ0n) is 12.6. The fraction of sp³-hybridized carbons (Fsp3) is 0.353. The molecule has 0 amide bonds. The number of fused-ring (bicyclic) bond motifs is 1. The van der Waals surface area contributed by atoms with Crippen LogP contribution in [0.4, 0.5) is 0 Å². The van der Waals surface area contributed by atoms with Crippen molar-refractivity contribution in [1.82, 2.24) is 0 Å². The lowest BCUT2D eigenvalue weighted by atomic mass is 10.1. The van der Waals surface area contributed by atoms with Gasteiger partial charge in [-0.15, -0.1) is 0 Å². The topological polar surface area (TPSA) is 44.8 Å². The van der Waals surface area contributed by atoms with E-state index in [1.807, 2.05) is 44.2 Å². The summed E-state index contributed by atoms with van der Waals surface area (Å²) < 4.78 is 15.7. The summed E-state index contributed by atoms with van der Waals surface area (Å²) in [5, 5.41) is 2.01. The van der Waals surface area contributed by atoms with E-state index in [-0.39, 0.29) is 18.7 Å². The Hall–Kier alpha value is -2.07. The SMILES string of the molecule is CCC(C)C(=O)Oc1ccc2cc(OCOC)ccc2c1. The van der Waals surface area contributed by atoms with Gasteiger partial charge in [-0.1, -0.05) is 26.0 Å². The summed E-state index contributed by atoms with van der Waals surface area (Å²) in [7, 11) is 1.58. The molecule has 0 saturated heterocycles. The maximum Gasteiger partial charge on any atom is 0.314 e. The molecule has 2 aromatic rings. The number of hydrogen-bond donors (Lipinski definition) is 0. The highest BCUT2D eigenvalue weighted by Gasteiger charge is 2.13. The molecule has 2 aromatic carbocycles. The van der Waals surface area contributed by atoms with Crippen molar-refractivity contribution < 1.29 is 19.0 Å². The van der Waals surface area contributed by atoms with Crippen molar-refractivity contribution in [3.8, 4) is 11.5 Å². The molecule has 0 N–H and O–H groups in total. The maximum atomic E-state index is 11.8. The Labute approximate surface area is 124 Å². The molecule has 0 aromatic heterocycles.